The van der Waals surface area contributed by atoms with Crippen molar-refractivity contribution in [3.63, 3.8) is 0 Å². The van der Waals surface area contributed by atoms with E-state index >= 15 is 0 Å². The monoisotopic (exact) mass is 275 g/mol. The quantitative estimate of drug-likeness (QED) is 0.521. The molecule has 0 saturated carbocycles. The first-order valence-corrected chi connectivity index (χ1v) is 6.94. The molecule has 104 valence electrons. The molecule has 0 amide bonds. The highest BCUT2D eigenvalue weighted by Gasteiger charge is 2.08. The minimum atomic E-state index is 0.739. The molecule has 2 heterocycles. The molecule has 1 aromatic carbocycles. The van der Waals surface area contributed by atoms with Crippen molar-refractivity contribution in [2.75, 3.05) is 18.0 Å². The molecule has 3 rings (SSSR count). The van der Waals surface area contributed by atoms with Gasteiger partial charge in [-0.05, 0) is 18.2 Å². The van der Waals surface area contributed by atoms with Gasteiger partial charge in [-0.1, -0.05) is 30.4 Å². The zero-order chi connectivity index (χ0) is 14.7. The van der Waals surface area contributed by atoms with Gasteiger partial charge in [-0.3, -0.25) is 4.98 Å². The van der Waals surface area contributed by atoms with Gasteiger partial charge in [-0.15, -0.1) is 13.2 Å². The van der Waals surface area contributed by atoms with Gasteiger partial charge in [0.2, 0.25) is 0 Å². The fraction of sp³-hybridized carbons (Fsp3) is 0.111. The van der Waals surface area contributed by atoms with Gasteiger partial charge in [0.25, 0.3) is 0 Å². The second-order valence-corrected chi connectivity index (χ2v) is 4.86. The Hall–Kier alpha value is -2.68. The van der Waals surface area contributed by atoms with E-state index in [9.17, 15) is 0 Å². The molecule has 0 saturated heterocycles. The van der Waals surface area contributed by atoms with Crippen LogP contribution in [0.3, 0.4) is 0 Å². The first-order valence-electron chi connectivity index (χ1n) is 6.94. The number of anilines is 1. The normalized spacial score (nSPS) is 10.7. The lowest BCUT2D eigenvalue weighted by molar-refractivity contribution is 0.933. The van der Waals surface area contributed by atoms with E-state index in [1.807, 2.05) is 24.3 Å². The van der Waals surface area contributed by atoms with Crippen LogP contribution in [0.4, 0.5) is 5.82 Å². The predicted octanol–water partition coefficient (Wildman–Crippen LogP) is 3.96. The molecule has 0 aliphatic carbocycles. The van der Waals surface area contributed by atoms with Crippen molar-refractivity contribution in [3.8, 4) is 0 Å². The van der Waals surface area contributed by atoms with Crippen molar-refractivity contribution in [3.05, 3.63) is 67.9 Å². The number of aromatic nitrogens is 2. The average molecular weight is 275 g/mol. The molecule has 21 heavy (non-hydrogen) atoms. The van der Waals surface area contributed by atoms with Crippen molar-refractivity contribution >= 4 is 27.6 Å². The van der Waals surface area contributed by atoms with Crippen LogP contribution >= 0.6 is 0 Å². The highest BCUT2D eigenvalue weighted by Crippen LogP contribution is 2.24. The lowest BCUT2D eigenvalue weighted by atomic mass is 10.1. The van der Waals surface area contributed by atoms with Gasteiger partial charge in [-0.25, -0.2) is 4.98 Å². The van der Waals surface area contributed by atoms with E-state index in [0.717, 1.165) is 40.7 Å². The van der Waals surface area contributed by atoms with Crippen LogP contribution in [0.5, 0.6) is 0 Å². The molecule has 0 N–H and O–H groups in total. The lowest BCUT2D eigenvalue weighted by Gasteiger charge is -2.20. The molecular formula is C18H17N3. The maximum Gasteiger partial charge on any atom is 0.129 e. The number of hydrogen-bond donors (Lipinski definition) is 0. The third kappa shape index (κ3) is 2.50. The molecule has 0 aliphatic heterocycles. The summed E-state index contributed by atoms with van der Waals surface area (Å²) >= 11 is 0. The zero-order valence-electron chi connectivity index (χ0n) is 11.9. The van der Waals surface area contributed by atoms with Gasteiger partial charge in [0.1, 0.15) is 5.82 Å². The van der Waals surface area contributed by atoms with E-state index in [1.165, 1.54) is 0 Å². The van der Waals surface area contributed by atoms with Crippen molar-refractivity contribution in [1.29, 1.82) is 0 Å². The fourth-order valence-corrected chi connectivity index (χ4v) is 2.46. The number of nitrogens with zero attached hydrogens (tertiary/aromatic N) is 3. The minimum Gasteiger partial charge on any atom is -0.349 e. The highest BCUT2D eigenvalue weighted by molar-refractivity contribution is 6.03. The molecule has 2 aromatic heterocycles. The number of rotatable bonds is 5. The van der Waals surface area contributed by atoms with E-state index in [0.29, 0.717) is 0 Å². The molecule has 0 spiro atoms. The van der Waals surface area contributed by atoms with Gasteiger partial charge in [0.05, 0.1) is 11.0 Å². The summed E-state index contributed by atoms with van der Waals surface area (Å²) in [7, 11) is 0. The van der Waals surface area contributed by atoms with Crippen LogP contribution in [0.15, 0.2) is 67.9 Å². The first-order chi connectivity index (χ1) is 10.3. The molecule has 3 nitrogen and oxygen atoms in total. The highest BCUT2D eigenvalue weighted by atomic mass is 15.2. The standard InChI is InChI=1S/C18H17N3/c1-3-12-21(13-4-2)16-10-9-15-8-7-14-6-5-11-19-17(14)18(15)20-16/h3-11H,1-2,12-13H2. The maximum atomic E-state index is 4.81. The topological polar surface area (TPSA) is 29.0 Å². The summed E-state index contributed by atoms with van der Waals surface area (Å²) in [6.07, 6.45) is 5.55. The smallest absolute Gasteiger partial charge is 0.129 e. The summed E-state index contributed by atoms with van der Waals surface area (Å²) in [4.78, 5) is 11.4. The van der Waals surface area contributed by atoms with Crippen LogP contribution in [0.25, 0.3) is 21.8 Å². The van der Waals surface area contributed by atoms with Crippen LogP contribution in [0, 0.1) is 0 Å². The third-order valence-electron chi connectivity index (χ3n) is 3.44. The van der Waals surface area contributed by atoms with Crippen LogP contribution in [-0.2, 0) is 0 Å². The van der Waals surface area contributed by atoms with Crippen molar-refractivity contribution in [1.82, 2.24) is 9.97 Å². The maximum absolute atomic E-state index is 4.81. The summed E-state index contributed by atoms with van der Waals surface area (Å²) in [5, 5.41) is 2.20. The minimum absolute atomic E-state index is 0.739. The number of fused-ring (bicyclic) bond motifs is 3. The number of hydrogen-bond acceptors (Lipinski definition) is 3. The Kier molecular flexibility index (Phi) is 3.65. The molecular weight excluding hydrogens is 258 g/mol. The van der Waals surface area contributed by atoms with Crippen LogP contribution in [0.1, 0.15) is 0 Å². The van der Waals surface area contributed by atoms with Crippen molar-refractivity contribution < 1.29 is 0 Å². The summed E-state index contributed by atoms with van der Waals surface area (Å²) in [5.74, 6) is 0.917. The Morgan fingerprint density at radius 2 is 1.57 bits per heavy atom. The number of pyridine rings is 2. The second-order valence-electron chi connectivity index (χ2n) is 4.86. The first kappa shape index (κ1) is 13.3. The van der Waals surface area contributed by atoms with E-state index in [2.05, 4.69) is 47.3 Å². The van der Waals surface area contributed by atoms with Gasteiger partial charge in [0, 0.05) is 30.1 Å². The van der Waals surface area contributed by atoms with Gasteiger partial charge >= 0.3 is 0 Å². The molecule has 0 bridgehead atoms. The number of benzene rings is 1. The van der Waals surface area contributed by atoms with Gasteiger partial charge in [0.15, 0.2) is 0 Å². The van der Waals surface area contributed by atoms with E-state index in [4.69, 9.17) is 4.98 Å². The predicted molar refractivity (Wildman–Crippen MR) is 89.7 cm³/mol. The summed E-state index contributed by atoms with van der Waals surface area (Å²) in [6.45, 7) is 9.09. The molecule has 0 radical (unpaired) electrons. The van der Waals surface area contributed by atoms with E-state index in [1.54, 1.807) is 6.20 Å². The van der Waals surface area contributed by atoms with Crippen LogP contribution < -0.4 is 4.90 Å². The van der Waals surface area contributed by atoms with E-state index < -0.39 is 0 Å². The average Bonchev–Trinajstić information content (AvgIpc) is 2.54. The third-order valence-corrected chi connectivity index (χ3v) is 3.44. The molecule has 3 aromatic rings. The largest absolute Gasteiger partial charge is 0.349 e. The summed E-state index contributed by atoms with van der Waals surface area (Å²) in [5.41, 5.74) is 1.87. The molecule has 0 unspecified atom stereocenters. The molecule has 0 fully saturated rings. The Balaban J connectivity index is 2.19. The molecule has 0 atom stereocenters. The second kappa shape index (κ2) is 5.75. The van der Waals surface area contributed by atoms with Crippen molar-refractivity contribution in [2.24, 2.45) is 0 Å². The Labute approximate surface area is 124 Å². The molecule has 3 heteroatoms. The van der Waals surface area contributed by atoms with Gasteiger partial charge < -0.3 is 4.90 Å². The Bertz CT molecular complexity index is 798. The van der Waals surface area contributed by atoms with Gasteiger partial charge in [-0.2, -0.15) is 0 Å². The Morgan fingerprint density at radius 1 is 0.905 bits per heavy atom. The van der Waals surface area contributed by atoms with Crippen molar-refractivity contribution in [2.45, 2.75) is 0 Å². The summed E-state index contributed by atoms with van der Waals surface area (Å²) < 4.78 is 0. The summed E-state index contributed by atoms with van der Waals surface area (Å²) in [6, 6.07) is 12.3. The van der Waals surface area contributed by atoms with Crippen LogP contribution in [-0.4, -0.2) is 23.1 Å². The van der Waals surface area contributed by atoms with E-state index in [-0.39, 0.29) is 0 Å². The fourth-order valence-electron chi connectivity index (χ4n) is 2.46. The molecule has 0 aliphatic rings. The van der Waals surface area contributed by atoms with Crippen LogP contribution in [0.2, 0.25) is 0 Å². The lowest BCUT2D eigenvalue weighted by Crippen LogP contribution is -2.24. The zero-order valence-corrected chi connectivity index (χ0v) is 11.9. The Morgan fingerprint density at radius 3 is 2.29 bits per heavy atom. The SMILES string of the molecule is C=CCN(CC=C)c1ccc2ccc3cccnc3c2n1.